The van der Waals surface area contributed by atoms with Crippen molar-refractivity contribution < 1.29 is 0 Å². The van der Waals surface area contributed by atoms with Crippen LogP contribution >= 0.6 is 12.2 Å². The molecule has 0 saturated carbocycles. The maximum absolute atomic E-state index is 5.49. The lowest BCUT2D eigenvalue weighted by atomic mass is 10.1. The summed E-state index contributed by atoms with van der Waals surface area (Å²) in [7, 11) is 2.15. The van der Waals surface area contributed by atoms with Gasteiger partial charge in [-0.1, -0.05) is 30.3 Å². The Balaban J connectivity index is 1.87. The van der Waals surface area contributed by atoms with E-state index >= 15 is 0 Å². The van der Waals surface area contributed by atoms with Crippen LogP contribution in [0.15, 0.2) is 30.3 Å². The first-order valence-corrected chi connectivity index (χ1v) is 6.86. The molecule has 0 aromatic heterocycles. The predicted molar refractivity (Wildman–Crippen MR) is 79.7 cm³/mol. The first-order chi connectivity index (χ1) is 8.66. The van der Waals surface area contributed by atoms with E-state index in [0.29, 0.717) is 0 Å². The van der Waals surface area contributed by atoms with E-state index in [4.69, 9.17) is 12.2 Å². The average Bonchev–Trinajstić information content (AvgIpc) is 2.40. The van der Waals surface area contributed by atoms with Gasteiger partial charge in [-0.15, -0.1) is 0 Å². The Kier molecular flexibility index (Phi) is 4.55. The van der Waals surface area contributed by atoms with Crippen LogP contribution in [0, 0.1) is 0 Å². The third-order valence-corrected chi connectivity index (χ3v) is 3.81. The van der Waals surface area contributed by atoms with E-state index < -0.39 is 0 Å². The van der Waals surface area contributed by atoms with Gasteiger partial charge >= 0.3 is 0 Å². The summed E-state index contributed by atoms with van der Waals surface area (Å²) in [5.74, 6) is 0. The van der Waals surface area contributed by atoms with Crippen LogP contribution in [0.2, 0.25) is 0 Å². The predicted octanol–water partition coefficient (Wildman–Crippen LogP) is 1.87. The molecular formula is C14H21N3S. The molecule has 1 atom stereocenters. The van der Waals surface area contributed by atoms with Gasteiger partial charge in [0, 0.05) is 26.2 Å². The fourth-order valence-corrected chi connectivity index (χ4v) is 2.47. The van der Waals surface area contributed by atoms with Gasteiger partial charge in [-0.05, 0) is 31.8 Å². The number of rotatable bonds is 2. The van der Waals surface area contributed by atoms with Crippen LogP contribution in [0.25, 0.3) is 0 Å². The largest absolute Gasteiger partial charge is 0.356 e. The zero-order valence-corrected chi connectivity index (χ0v) is 11.9. The van der Waals surface area contributed by atoms with Crippen molar-refractivity contribution in [3.63, 3.8) is 0 Å². The van der Waals surface area contributed by atoms with E-state index in [1.54, 1.807) is 0 Å². The lowest BCUT2D eigenvalue weighted by molar-refractivity contribution is 0.213. The molecule has 1 heterocycles. The zero-order valence-electron chi connectivity index (χ0n) is 11.1. The minimum Gasteiger partial charge on any atom is -0.356 e. The van der Waals surface area contributed by atoms with E-state index in [1.807, 2.05) is 6.07 Å². The smallest absolute Gasteiger partial charge is 0.169 e. The summed E-state index contributed by atoms with van der Waals surface area (Å²) in [5, 5.41) is 4.29. The number of hydrogen-bond donors (Lipinski definition) is 1. The van der Waals surface area contributed by atoms with E-state index in [2.05, 4.69) is 53.4 Å². The van der Waals surface area contributed by atoms with Gasteiger partial charge in [0.05, 0.1) is 6.04 Å². The molecule has 98 valence electrons. The molecule has 0 aliphatic carbocycles. The average molecular weight is 263 g/mol. The van der Waals surface area contributed by atoms with Crippen molar-refractivity contribution in [2.24, 2.45) is 0 Å². The molecule has 0 radical (unpaired) electrons. The van der Waals surface area contributed by atoms with Crippen LogP contribution in [0.1, 0.15) is 18.5 Å². The fourth-order valence-electron chi connectivity index (χ4n) is 2.11. The van der Waals surface area contributed by atoms with Crippen LogP contribution in [-0.2, 0) is 0 Å². The van der Waals surface area contributed by atoms with Gasteiger partial charge in [-0.25, -0.2) is 0 Å². The summed E-state index contributed by atoms with van der Waals surface area (Å²) in [6.45, 7) is 6.36. The van der Waals surface area contributed by atoms with Crippen molar-refractivity contribution >= 4 is 17.3 Å². The van der Waals surface area contributed by atoms with Gasteiger partial charge in [0.25, 0.3) is 0 Å². The molecule has 1 N–H and O–H groups in total. The van der Waals surface area contributed by atoms with Crippen molar-refractivity contribution in [2.75, 3.05) is 33.2 Å². The Morgan fingerprint density at radius 2 is 1.78 bits per heavy atom. The molecule has 0 spiro atoms. The maximum Gasteiger partial charge on any atom is 0.169 e. The molecule has 0 bridgehead atoms. The number of thiocarbonyl (C=S) groups is 1. The summed E-state index contributed by atoms with van der Waals surface area (Å²) < 4.78 is 0. The first-order valence-electron chi connectivity index (χ1n) is 6.46. The van der Waals surface area contributed by atoms with Gasteiger partial charge in [0.2, 0.25) is 0 Å². The van der Waals surface area contributed by atoms with Gasteiger partial charge < -0.3 is 15.1 Å². The van der Waals surface area contributed by atoms with Crippen LogP contribution in [0.5, 0.6) is 0 Å². The molecule has 4 heteroatoms. The molecule has 18 heavy (non-hydrogen) atoms. The highest BCUT2D eigenvalue weighted by atomic mass is 32.1. The summed E-state index contributed by atoms with van der Waals surface area (Å²) in [5.41, 5.74) is 1.27. The van der Waals surface area contributed by atoms with Gasteiger partial charge in [-0.3, -0.25) is 0 Å². The number of hydrogen-bond acceptors (Lipinski definition) is 2. The quantitative estimate of drug-likeness (QED) is 0.821. The minimum absolute atomic E-state index is 0.262. The molecule has 1 aromatic carbocycles. The third-order valence-electron chi connectivity index (χ3n) is 3.43. The van der Waals surface area contributed by atoms with Gasteiger partial charge in [0.15, 0.2) is 5.11 Å². The number of benzene rings is 1. The van der Waals surface area contributed by atoms with Crippen LogP contribution < -0.4 is 5.32 Å². The highest BCUT2D eigenvalue weighted by Gasteiger charge is 2.17. The molecular weight excluding hydrogens is 242 g/mol. The second kappa shape index (κ2) is 6.16. The van der Waals surface area contributed by atoms with E-state index in [-0.39, 0.29) is 6.04 Å². The fraction of sp³-hybridized carbons (Fsp3) is 0.500. The molecule has 2 rings (SSSR count). The molecule has 1 fully saturated rings. The normalized spacial score (nSPS) is 18.4. The van der Waals surface area contributed by atoms with Crippen LogP contribution in [0.3, 0.4) is 0 Å². The Hall–Kier alpha value is -1.13. The van der Waals surface area contributed by atoms with Crippen molar-refractivity contribution in [2.45, 2.75) is 13.0 Å². The molecule has 1 aliphatic rings. The second-order valence-corrected chi connectivity index (χ2v) is 5.26. The Labute approximate surface area is 115 Å². The summed E-state index contributed by atoms with van der Waals surface area (Å²) in [4.78, 5) is 4.59. The van der Waals surface area contributed by atoms with Crippen LogP contribution in [-0.4, -0.2) is 48.1 Å². The van der Waals surface area contributed by atoms with Crippen molar-refractivity contribution in [3.8, 4) is 0 Å². The van der Waals surface area contributed by atoms with Gasteiger partial charge in [-0.2, -0.15) is 0 Å². The number of nitrogens with one attached hydrogen (secondary N) is 1. The second-order valence-electron chi connectivity index (χ2n) is 4.87. The molecule has 1 aliphatic heterocycles. The lowest BCUT2D eigenvalue weighted by Gasteiger charge is -2.35. The molecule has 0 unspecified atom stereocenters. The Bertz CT molecular complexity index is 385. The van der Waals surface area contributed by atoms with E-state index in [0.717, 1.165) is 31.3 Å². The Morgan fingerprint density at radius 3 is 2.39 bits per heavy atom. The first kappa shape index (κ1) is 13.3. The minimum atomic E-state index is 0.262. The van der Waals surface area contributed by atoms with E-state index in [9.17, 15) is 0 Å². The summed E-state index contributed by atoms with van der Waals surface area (Å²) in [6.07, 6.45) is 0. The molecule has 3 nitrogen and oxygen atoms in total. The third kappa shape index (κ3) is 3.43. The van der Waals surface area contributed by atoms with Crippen molar-refractivity contribution in [3.05, 3.63) is 35.9 Å². The number of piperazine rings is 1. The maximum atomic E-state index is 5.49. The van der Waals surface area contributed by atoms with E-state index in [1.165, 1.54) is 5.56 Å². The number of nitrogens with zero attached hydrogens (tertiary/aromatic N) is 2. The van der Waals surface area contributed by atoms with Gasteiger partial charge in [0.1, 0.15) is 0 Å². The zero-order chi connectivity index (χ0) is 13.0. The van der Waals surface area contributed by atoms with Crippen molar-refractivity contribution in [1.82, 2.24) is 15.1 Å². The highest BCUT2D eigenvalue weighted by molar-refractivity contribution is 7.80. The lowest BCUT2D eigenvalue weighted by Crippen LogP contribution is -2.50. The van der Waals surface area contributed by atoms with Crippen LogP contribution in [0.4, 0.5) is 0 Å². The number of likely N-dealkylation sites (N-methyl/N-ethyl adjacent to an activating group) is 1. The summed E-state index contributed by atoms with van der Waals surface area (Å²) >= 11 is 5.49. The molecule has 1 saturated heterocycles. The highest BCUT2D eigenvalue weighted by Crippen LogP contribution is 2.12. The summed E-state index contributed by atoms with van der Waals surface area (Å²) in [6, 6.07) is 10.7. The topological polar surface area (TPSA) is 18.5 Å². The molecule has 1 aromatic rings. The SMILES string of the molecule is C[C@H](NC(=S)N1CCN(C)CC1)c1ccccc1. The Morgan fingerprint density at radius 1 is 1.17 bits per heavy atom. The monoisotopic (exact) mass is 263 g/mol. The standard InChI is InChI=1S/C14H21N3S/c1-12(13-6-4-3-5-7-13)15-14(18)17-10-8-16(2)9-11-17/h3-7,12H,8-11H2,1-2H3,(H,15,18)/t12-/m0/s1. The molecule has 0 amide bonds. The van der Waals surface area contributed by atoms with Crippen molar-refractivity contribution in [1.29, 1.82) is 0 Å².